The van der Waals surface area contributed by atoms with Crippen LogP contribution < -0.4 is 5.32 Å². The van der Waals surface area contributed by atoms with E-state index in [9.17, 15) is 9.18 Å². The maximum absolute atomic E-state index is 13.2. The van der Waals surface area contributed by atoms with Gasteiger partial charge in [-0.15, -0.1) is 0 Å². The van der Waals surface area contributed by atoms with Crippen molar-refractivity contribution in [3.63, 3.8) is 0 Å². The Kier molecular flexibility index (Phi) is 4.83. The number of hydrogen-bond donors (Lipinski definition) is 1. The molecule has 122 valence electrons. The van der Waals surface area contributed by atoms with E-state index in [1.807, 2.05) is 0 Å². The number of carbonyl (C=O) groups excluding carboxylic acids is 1. The highest BCUT2D eigenvalue weighted by Gasteiger charge is 2.11. The molecule has 0 aliphatic heterocycles. The van der Waals surface area contributed by atoms with E-state index in [4.69, 9.17) is 23.2 Å². The molecule has 0 aliphatic carbocycles. The van der Waals surface area contributed by atoms with Gasteiger partial charge in [-0.05, 0) is 35.9 Å². The van der Waals surface area contributed by atoms with Crippen LogP contribution in [0.5, 0.6) is 0 Å². The van der Waals surface area contributed by atoms with Gasteiger partial charge in [0.15, 0.2) is 0 Å². The van der Waals surface area contributed by atoms with Crippen LogP contribution in [0.25, 0.3) is 0 Å². The zero-order valence-corrected chi connectivity index (χ0v) is 13.9. The minimum absolute atomic E-state index is 0.229. The Morgan fingerprint density at radius 1 is 1.17 bits per heavy atom. The van der Waals surface area contributed by atoms with E-state index in [1.54, 1.807) is 35.1 Å². The van der Waals surface area contributed by atoms with Crippen LogP contribution >= 0.6 is 23.2 Å². The first-order chi connectivity index (χ1) is 11.5. The molecule has 0 bridgehead atoms. The third-order valence-corrected chi connectivity index (χ3v) is 3.97. The largest absolute Gasteiger partial charge is 0.307 e. The van der Waals surface area contributed by atoms with E-state index in [0.29, 0.717) is 22.4 Å². The molecule has 24 heavy (non-hydrogen) atoms. The molecule has 0 spiro atoms. The first-order valence-corrected chi connectivity index (χ1v) is 7.81. The van der Waals surface area contributed by atoms with Crippen molar-refractivity contribution in [1.82, 2.24) is 9.78 Å². The SMILES string of the molecule is O=C(Nc1ccnn1Cc1ccc(Cl)cc1Cl)c1cccc(F)c1. The van der Waals surface area contributed by atoms with Gasteiger partial charge in [0.1, 0.15) is 11.6 Å². The summed E-state index contributed by atoms with van der Waals surface area (Å²) in [5.74, 6) is -0.405. The molecule has 0 saturated carbocycles. The van der Waals surface area contributed by atoms with Crippen molar-refractivity contribution in [2.75, 3.05) is 5.32 Å². The Hall–Kier alpha value is -2.37. The van der Waals surface area contributed by atoms with E-state index < -0.39 is 11.7 Å². The second-order valence-electron chi connectivity index (χ2n) is 5.07. The lowest BCUT2D eigenvalue weighted by Crippen LogP contribution is -2.16. The minimum Gasteiger partial charge on any atom is -0.307 e. The summed E-state index contributed by atoms with van der Waals surface area (Å²) in [6, 6.07) is 12.3. The van der Waals surface area contributed by atoms with E-state index in [2.05, 4.69) is 10.4 Å². The molecular weight excluding hydrogens is 352 g/mol. The topological polar surface area (TPSA) is 46.9 Å². The van der Waals surface area contributed by atoms with E-state index in [0.717, 1.165) is 5.56 Å². The van der Waals surface area contributed by atoms with Gasteiger partial charge < -0.3 is 5.32 Å². The lowest BCUT2D eigenvalue weighted by molar-refractivity contribution is 0.102. The number of amides is 1. The second kappa shape index (κ2) is 7.03. The van der Waals surface area contributed by atoms with Crippen molar-refractivity contribution >= 4 is 34.9 Å². The second-order valence-corrected chi connectivity index (χ2v) is 5.92. The Morgan fingerprint density at radius 2 is 2.00 bits per heavy atom. The summed E-state index contributed by atoms with van der Waals surface area (Å²) in [6.07, 6.45) is 1.56. The summed E-state index contributed by atoms with van der Waals surface area (Å²) in [6.45, 7) is 0.363. The molecule has 0 aliphatic rings. The maximum Gasteiger partial charge on any atom is 0.256 e. The molecule has 4 nitrogen and oxygen atoms in total. The lowest BCUT2D eigenvalue weighted by Gasteiger charge is -2.10. The van der Waals surface area contributed by atoms with Crippen LogP contribution in [0.2, 0.25) is 10.0 Å². The van der Waals surface area contributed by atoms with Gasteiger partial charge in [0.05, 0.1) is 12.7 Å². The Bertz CT molecular complexity index is 895. The van der Waals surface area contributed by atoms with Crippen LogP contribution in [-0.4, -0.2) is 15.7 Å². The molecule has 7 heteroatoms. The summed E-state index contributed by atoms with van der Waals surface area (Å²) in [5, 5.41) is 7.95. The average molecular weight is 364 g/mol. The van der Waals surface area contributed by atoms with Crippen LogP contribution in [0.1, 0.15) is 15.9 Å². The number of aromatic nitrogens is 2. The maximum atomic E-state index is 13.2. The fourth-order valence-corrected chi connectivity index (χ4v) is 2.66. The quantitative estimate of drug-likeness (QED) is 0.734. The summed E-state index contributed by atoms with van der Waals surface area (Å²) >= 11 is 12.0. The number of hydrogen-bond acceptors (Lipinski definition) is 2. The molecule has 2 aromatic carbocycles. The number of nitrogens with zero attached hydrogens (tertiary/aromatic N) is 2. The summed E-state index contributed by atoms with van der Waals surface area (Å²) in [4.78, 5) is 12.2. The molecule has 3 aromatic rings. The normalized spacial score (nSPS) is 10.6. The third kappa shape index (κ3) is 3.75. The van der Waals surface area contributed by atoms with Gasteiger partial charge >= 0.3 is 0 Å². The highest BCUT2D eigenvalue weighted by molar-refractivity contribution is 6.35. The number of rotatable bonds is 4. The van der Waals surface area contributed by atoms with E-state index >= 15 is 0 Å². The first kappa shape index (κ1) is 16.5. The molecule has 0 fully saturated rings. The number of nitrogens with one attached hydrogen (secondary N) is 1. The van der Waals surface area contributed by atoms with Gasteiger partial charge in [0, 0.05) is 21.7 Å². The Balaban J connectivity index is 1.79. The molecule has 0 atom stereocenters. The van der Waals surface area contributed by atoms with Crippen LogP contribution in [0.15, 0.2) is 54.7 Å². The average Bonchev–Trinajstić information content (AvgIpc) is 2.97. The molecule has 0 radical (unpaired) electrons. The molecule has 1 aromatic heterocycles. The fraction of sp³-hybridized carbons (Fsp3) is 0.0588. The van der Waals surface area contributed by atoms with Gasteiger partial charge in [-0.2, -0.15) is 5.10 Å². The van der Waals surface area contributed by atoms with Crippen LogP contribution in [0.3, 0.4) is 0 Å². The fourth-order valence-electron chi connectivity index (χ4n) is 2.19. The predicted octanol–water partition coefficient (Wildman–Crippen LogP) is 4.63. The van der Waals surface area contributed by atoms with Crippen molar-refractivity contribution in [1.29, 1.82) is 0 Å². The highest BCUT2D eigenvalue weighted by atomic mass is 35.5. The standard InChI is InChI=1S/C17H12Cl2FN3O/c18-13-5-4-12(15(19)9-13)10-23-16(6-7-21-23)22-17(24)11-2-1-3-14(20)8-11/h1-9H,10H2,(H,22,24). The van der Waals surface area contributed by atoms with Crippen molar-refractivity contribution in [3.8, 4) is 0 Å². The van der Waals surface area contributed by atoms with Gasteiger partial charge in [-0.1, -0.05) is 35.3 Å². The zero-order chi connectivity index (χ0) is 17.1. The molecule has 1 N–H and O–H groups in total. The highest BCUT2D eigenvalue weighted by Crippen LogP contribution is 2.23. The zero-order valence-electron chi connectivity index (χ0n) is 12.3. The summed E-state index contributed by atoms with van der Waals surface area (Å²) < 4.78 is 14.8. The van der Waals surface area contributed by atoms with Crippen LogP contribution in [0, 0.1) is 5.82 Å². The summed E-state index contributed by atoms with van der Waals surface area (Å²) in [5.41, 5.74) is 1.04. The third-order valence-electron chi connectivity index (χ3n) is 3.38. The minimum atomic E-state index is -0.468. The summed E-state index contributed by atoms with van der Waals surface area (Å²) in [7, 11) is 0. The lowest BCUT2D eigenvalue weighted by atomic mass is 10.2. The molecule has 0 saturated heterocycles. The number of halogens is 3. The van der Waals surface area contributed by atoms with Gasteiger partial charge in [0.25, 0.3) is 5.91 Å². The van der Waals surface area contributed by atoms with Gasteiger partial charge in [0.2, 0.25) is 0 Å². The van der Waals surface area contributed by atoms with Gasteiger partial charge in [-0.3, -0.25) is 4.79 Å². The predicted molar refractivity (Wildman–Crippen MR) is 92.1 cm³/mol. The van der Waals surface area contributed by atoms with Crippen molar-refractivity contribution in [2.45, 2.75) is 6.54 Å². The van der Waals surface area contributed by atoms with Crippen molar-refractivity contribution in [2.24, 2.45) is 0 Å². The molecule has 0 unspecified atom stereocenters. The molecular formula is C17H12Cl2FN3O. The smallest absolute Gasteiger partial charge is 0.256 e. The number of carbonyl (C=O) groups is 1. The first-order valence-electron chi connectivity index (χ1n) is 7.05. The number of benzene rings is 2. The van der Waals surface area contributed by atoms with Crippen molar-refractivity contribution < 1.29 is 9.18 Å². The molecule has 1 heterocycles. The van der Waals surface area contributed by atoms with Crippen LogP contribution in [-0.2, 0) is 6.54 Å². The van der Waals surface area contributed by atoms with Gasteiger partial charge in [-0.25, -0.2) is 9.07 Å². The van der Waals surface area contributed by atoms with Crippen molar-refractivity contribution in [3.05, 3.63) is 81.7 Å². The Morgan fingerprint density at radius 3 is 2.75 bits per heavy atom. The van der Waals surface area contributed by atoms with Crippen LogP contribution in [0.4, 0.5) is 10.2 Å². The number of anilines is 1. The molecule has 1 amide bonds. The van der Waals surface area contributed by atoms with E-state index in [-0.39, 0.29) is 5.56 Å². The van der Waals surface area contributed by atoms with E-state index in [1.165, 1.54) is 24.3 Å². The monoisotopic (exact) mass is 363 g/mol. The molecule has 3 rings (SSSR count). The Labute approximate surface area is 147 Å².